The quantitative estimate of drug-likeness (QED) is 0.930. The predicted molar refractivity (Wildman–Crippen MR) is 77.3 cm³/mol. The second-order valence-corrected chi connectivity index (χ2v) is 5.61. The summed E-state index contributed by atoms with van der Waals surface area (Å²) in [5.74, 6) is 0.691. The van der Waals surface area contributed by atoms with Crippen molar-refractivity contribution in [3.63, 3.8) is 0 Å². The fraction of sp³-hybridized carbons (Fsp3) is 0.500. The number of rotatable bonds is 4. The van der Waals surface area contributed by atoms with Gasteiger partial charge < -0.3 is 9.84 Å². The summed E-state index contributed by atoms with van der Waals surface area (Å²) in [4.78, 5) is 12.0. The fourth-order valence-electron chi connectivity index (χ4n) is 2.93. The Morgan fingerprint density at radius 2 is 2.05 bits per heavy atom. The third-order valence-corrected chi connectivity index (χ3v) is 4.09. The van der Waals surface area contributed by atoms with E-state index < -0.39 is 0 Å². The molecule has 2 aromatic rings. The van der Waals surface area contributed by atoms with E-state index in [0.717, 1.165) is 23.2 Å². The summed E-state index contributed by atoms with van der Waals surface area (Å²) in [5.41, 5.74) is 1.46. The van der Waals surface area contributed by atoms with Crippen molar-refractivity contribution in [3.05, 3.63) is 30.0 Å². The Hall–Kier alpha value is -1.84. The third-order valence-electron chi connectivity index (χ3n) is 4.09. The van der Waals surface area contributed by atoms with Gasteiger partial charge in [0, 0.05) is 11.9 Å². The standard InChI is InChI=1S/C16H20N2O2/c19-16(17-11-12-6-2-1-3-7-12)10-14-13-8-4-5-9-15(13)20-18-14/h4-5,8-9,12H,1-3,6-7,10-11H2,(H,17,19). The van der Waals surface area contributed by atoms with Crippen LogP contribution in [0.15, 0.2) is 28.8 Å². The predicted octanol–water partition coefficient (Wildman–Crippen LogP) is 3.07. The molecule has 1 fully saturated rings. The van der Waals surface area contributed by atoms with Crippen molar-refractivity contribution < 1.29 is 9.32 Å². The molecule has 1 aliphatic carbocycles. The topological polar surface area (TPSA) is 55.1 Å². The number of aromatic nitrogens is 1. The van der Waals surface area contributed by atoms with Crippen LogP contribution in [0.4, 0.5) is 0 Å². The first-order valence-electron chi connectivity index (χ1n) is 7.43. The smallest absolute Gasteiger partial charge is 0.226 e. The van der Waals surface area contributed by atoms with Crippen molar-refractivity contribution in [2.24, 2.45) is 5.92 Å². The Morgan fingerprint density at radius 3 is 2.90 bits per heavy atom. The minimum atomic E-state index is 0.0367. The average molecular weight is 272 g/mol. The lowest BCUT2D eigenvalue weighted by molar-refractivity contribution is -0.120. The maximum Gasteiger partial charge on any atom is 0.226 e. The van der Waals surface area contributed by atoms with Gasteiger partial charge in [-0.25, -0.2) is 0 Å². The van der Waals surface area contributed by atoms with Crippen LogP contribution in [0.2, 0.25) is 0 Å². The lowest BCUT2D eigenvalue weighted by atomic mass is 9.89. The molecule has 0 spiro atoms. The van der Waals surface area contributed by atoms with E-state index in [1.165, 1.54) is 32.1 Å². The number of nitrogens with zero attached hydrogens (tertiary/aromatic N) is 1. The van der Waals surface area contributed by atoms with Crippen LogP contribution in [0.25, 0.3) is 11.0 Å². The molecular formula is C16H20N2O2. The van der Waals surface area contributed by atoms with Crippen LogP contribution in [-0.2, 0) is 11.2 Å². The minimum Gasteiger partial charge on any atom is -0.356 e. The SMILES string of the molecule is O=C(Cc1noc2ccccc12)NCC1CCCCC1. The molecule has 20 heavy (non-hydrogen) atoms. The molecule has 1 aromatic heterocycles. The highest BCUT2D eigenvalue weighted by Crippen LogP contribution is 2.23. The van der Waals surface area contributed by atoms with Gasteiger partial charge in [0.2, 0.25) is 5.91 Å². The highest BCUT2D eigenvalue weighted by molar-refractivity contribution is 5.86. The van der Waals surface area contributed by atoms with Gasteiger partial charge in [-0.15, -0.1) is 0 Å². The number of hydrogen-bond acceptors (Lipinski definition) is 3. The molecule has 0 aliphatic heterocycles. The highest BCUT2D eigenvalue weighted by Gasteiger charge is 2.16. The van der Waals surface area contributed by atoms with Crippen LogP contribution in [0, 0.1) is 5.92 Å². The summed E-state index contributed by atoms with van der Waals surface area (Å²) in [5, 5.41) is 7.96. The maximum atomic E-state index is 12.0. The van der Waals surface area contributed by atoms with Crippen molar-refractivity contribution in [2.75, 3.05) is 6.54 Å². The van der Waals surface area contributed by atoms with Crippen LogP contribution in [0.1, 0.15) is 37.8 Å². The monoisotopic (exact) mass is 272 g/mol. The number of carbonyl (C=O) groups excluding carboxylic acids is 1. The normalized spacial score (nSPS) is 16.4. The second kappa shape index (κ2) is 6.07. The summed E-state index contributed by atoms with van der Waals surface area (Å²) in [6, 6.07) is 7.64. The minimum absolute atomic E-state index is 0.0367. The summed E-state index contributed by atoms with van der Waals surface area (Å²) >= 11 is 0. The molecular weight excluding hydrogens is 252 g/mol. The summed E-state index contributed by atoms with van der Waals surface area (Å²) in [7, 11) is 0. The first kappa shape index (κ1) is 13.2. The Kier molecular flexibility index (Phi) is 4.00. The molecule has 0 radical (unpaired) electrons. The van der Waals surface area contributed by atoms with E-state index >= 15 is 0 Å². The number of carbonyl (C=O) groups is 1. The largest absolute Gasteiger partial charge is 0.356 e. The van der Waals surface area contributed by atoms with Gasteiger partial charge in [-0.3, -0.25) is 4.79 Å². The number of amides is 1. The number of hydrogen-bond donors (Lipinski definition) is 1. The van der Waals surface area contributed by atoms with Gasteiger partial charge in [0.25, 0.3) is 0 Å². The van der Waals surface area contributed by atoms with Gasteiger partial charge in [0.05, 0.1) is 6.42 Å². The van der Waals surface area contributed by atoms with Crippen molar-refractivity contribution in [1.29, 1.82) is 0 Å². The van der Waals surface area contributed by atoms with Crippen LogP contribution >= 0.6 is 0 Å². The molecule has 3 rings (SSSR count). The number of nitrogens with one attached hydrogen (secondary N) is 1. The summed E-state index contributed by atoms with van der Waals surface area (Å²) < 4.78 is 5.21. The van der Waals surface area contributed by atoms with E-state index in [-0.39, 0.29) is 5.91 Å². The Labute approximate surface area is 118 Å². The zero-order valence-electron chi connectivity index (χ0n) is 11.6. The molecule has 1 heterocycles. The number of benzene rings is 1. The van der Waals surface area contributed by atoms with Crippen LogP contribution in [0.3, 0.4) is 0 Å². The van der Waals surface area contributed by atoms with Gasteiger partial charge in [-0.1, -0.05) is 36.6 Å². The Morgan fingerprint density at radius 1 is 1.25 bits per heavy atom. The van der Waals surface area contributed by atoms with Gasteiger partial charge >= 0.3 is 0 Å². The fourth-order valence-corrected chi connectivity index (χ4v) is 2.93. The zero-order chi connectivity index (χ0) is 13.8. The first-order chi connectivity index (χ1) is 9.83. The van der Waals surface area contributed by atoms with E-state index in [2.05, 4.69) is 10.5 Å². The third kappa shape index (κ3) is 3.00. The van der Waals surface area contributed by atoms with Crippen LogP contribution in [0.5, 0.6) is 0 Å². The molecule has 1 aliphatic rings. The lowest BCUT2D eigenvalue weighted by Crippen LogP contribution is -2.31. The van der Waals surface area contributed by atoms with Crippen molar-refractivity contribution >= 4 is 16.9 Å². The van der Waals surface area contributed by atoms with E-state index in [1.807, 2.05) is 24.3 Å². The Balaban J connectivity index is 1.55. The highest BCUT2D eigenvalue weighted by atomic mass is 16.5. The van der Waals surface area contributed by atoms with Gasteiger partial charge in [-0.05, 0) is 30.9 Å². The van der Waals surface area contributed by atoms with Crippen LogP contribution < -0.4 is 5.32 Å². The van der Waals surface area contributed by atoms with E-state index in [1.54, 1.807) is 0 Å². The van der Waals surface area contributed by atoms with E-state index in [4.69, 9.17) is 4.52 Å². The molecule has 4 heteroatoms. The van der Waals surface area contributed by atoms with Gasteiger partial charge in [-0.2, -0.15) is 0 Å². The number of fused-ring (bicyclic) bond motifs is 1. The molecule has 106 valence electrons. The second-order valence-electron chi connectivity index (χ2n) is 5.61. The lowest BCUT2D eigenvalue weighted by Gasteiger charge is -2.21. The first-order valence-corrected chi connectivity index (χ1v) is 7.43. The van der Waals surface area contributed by atoms with Crippen molar-refractivity contribution in [1.82, 2.24) is 10.5 Å². The number of para-hydroxylation sites is 1. The molecule has 1 amide bonds. The Bertz CT molecular complexity index is 585. The summed E-state index contributed by atoms with van der Waals surface area (Å²) in [6.07, 6.45) is 6.72. The van der Waals surface area contributed by atoms with Gasteiger partial charge in [0.1, 0.15) is 5.69 Å². The van der Waals surface area contributed by atoms with Crippen molar-refractivity contribution in [3.8, 4) is 0 Å². The van der Waals surface area contributed by atoms with E-state index in [0.29, 0.717) is 12.3 Å². The molecule has 0 saturated heterocycles. The zero-order valence-corrected chi connectivity index (χ0v) is 11.6. The molecule has 0 bridgehead atoms. The summed E-state index contributed by atoms with van der Waals surface area (Å²) in [6.45, 7) is 0.800. The molecule has 0 unspecified atom stereocenters. The van der Waals surface area contributed by atoms with Gasteiger partial charge in [0.15, 0.2) is 5.58 Å². The molecule has 0 atom stereocenters. The van der Waals surface area contributed by atoms with Crippen molar-refractivity contribution in [2.45, 2.75) is 38.5 Å². The molecule has 4 nitrogen and oxygen atoms in total. The molecule has 1 N–H and O–H groups in total. The molecule has 1 saturated carbocycles. The van der Waals surface area contributed by atoms with E-state index in [9.17, 15) is 4.79 Å². The van der Waals surface area contributed by atoms with Crippen LogP contribution in [-0.4, -0.2) is 17.6 Å². The average Bonchev–Trinajstić information content (AvgIpc) is 2.90. The molecule has 1 aromatic carbocycles. The maximum absolute atomic E-state index is 12.0.